The molecule has 0 saturated heterocycles. The number of aliphatic hydroxyl groups excluding tert-OH is 1. The first kappa shape index (κ1) is 39.5. The number of sulfonamides is 1. The zero-order valence-electron chi connectivity index (χ0n) is 28.0. The predicted molar refractivity (Wildman–Crippen MR) is 182 cm³/mol. The molecule has 49 heavy (non-hydrogen) atoms. The summed E-state index contributed by atoms with van der Waals surface area (Å²) >= 11 is 0. The topological polar surface area (TPSA) is 139 Å². The predicted octanol–water partition coefficient (Wildman–Crippen LogP) is 6.53. The van der Waals surface area contributed by atoms with Crippen LogP contribution in [0.3, 0.4) is 0 Å². The largest absolute Gasteiger partial charge is 0.453 e. The Morgan fingerprint density at radius 1 is 0.898 bits per heavy atom. The van der Waals surface area contributed by atoms with Crippen molar-refractivity contribution in [2.75, 3.05) is 26.0 Å². The van der Waals surface area contributed by atoms with E-state index in [1.54, 1.807) is 60.7 Å². The normalized spacial score (nSPS) is 14.1. The average Bonchev–Trinajstić information content (AvgIpc) is 3.07. The maximum Gasteiger partial charge on any atom is 0.407 e. The molecule has 268 valence electrons. The van der Waals surface area contributed by atoms with E-state index in [1.165, 1.54) is 24.3 Å². The number of nitrogens with two attached hydrogens (primary N) is 1. The smallest absolute Gasteiger partial charge is 0.407 e. The van der Waals surface area contributed by atoms with Crippen LogP contribution in [-0.2, 0) is 19.6 Å². The molecule has 0 radical (unpaired) electrons. The molecule has 0 aliphatic heterocycles. The standard InChI is InChI=1S/C36H46F3N3O6S/c1-25(2)21-22-42(49(46,47)31-19-17-29(40)18-20-31)30(24-43)16-10-15-28(36(37,38)39)23-32(44)34(41-35(45)48-3)33(26-11-6-4-7-12-26)27-13-8-5-9-14-27/h4-9,11-14,17-20,25,28,30,33-34,43H,10,15-16,21-24,40H2,1-3H3,(H,41,45)/t28-,30-,34+/m0/s1. The lowest BCUT2D eigenvalue weighted by Gasteiger charge is -2.31. The van der Waals surface area contributed by atoms with Gasteiger partial charge in [-0.05, 0) is 60.6 Å². The molecule has 0 bridgehead atoms. The van der Waals surface area contributed by atoms with E-state index in [9.17, 15) is 36.3 Å². The lowest BCUT2D eigenvalue weighted by molar-refractivity contribution is -0.181. The lowest BCUT2D eigenvalue weighted by atomic mass is 9.80. The highest BCUT2D eigenvalue weighted by molar-refractivity contribution is 7.89. The second-order valence-corrected chi connectivity index (χ2v) is 14.3. The van der Waals surface area contributed by atoms with Crippen LogP contribution in [0.1, 0.15) is 63.0 Å². The van der Waals surface area contributed by atoms with Crippen molar-refractivity contribution in [1.82, 2.24) is 9.62 Å². The van der Waals surface area contributed by atoms with Gasteiger partial charge in [-0.1, -0.05) is 80.9 Å². The molecule has 0 spiro atoms. The number of ketones is 1. The molecule has 3 aromatic carbocycles. The summed E-state index contributed by atoms with van der Waals surface area (Å²) in [7, 11) is -3.02. The summed E-state index contributed by atoms with van der Waals surface area (Å²) in [6.07, 6.45) is -6.92. The fraction of sp³-hybridized carbons (Fsp3) is 0.444. The highest BCUT2D eigenvalue weighted by Crippen LogP contribution is 2.36. The molecule has 3 aromatic rings. The van der Waals surface area contributed by atoms with Crippen molar-refractivity contribution in [3.8, 4) is 0 Å². The Balaban J connectivity index is 1.87. The fourth-order valence-electron chi connectivity index (χ4n) is 5.77. The Kier molecular flexibility index (Phi) is 14.6. The van der Waals surface area contributed by atoms with Gasteiger partial charge in [0.15, 0.2) is 5.78 Å². The molecule has 0 heterocycles. The molecule has 4 N–H and O–H groups in total. The zero-order chi connectivity index (χ0) is 36.2. The van der Waals surface area contributed by atoms with Gasteiger partial charge in [0.25, 0.3) is 0 Å². The van der Waals surface area contributed by atoms with Crippen LogP contribution < -0.4 is 11.1 Å². The fourth-order valence-corrected chi connectivity index (χ4v) is 7.43. The summed E-state index contributed by atoms with van der Waals surface area (Å²) in [5, 5.41) is 12.8. The number of rotatable bonds is 18. The van der Waals surface area contributed by atoms with Crippen LogP contribution in [0, 0.1) is 11.8 Å². The van der Waals surface area contributed by atoms with Gasteiger partial charge in [-0.3, -0.25) is 4.79 Å². The third-order valence-corrected chi connectivity index (χ3v) is 10.5. The Labute approximate surface area is 286 Å². The van der Waals surface area contributed by atoms with Crippen molar-refractivity contribution in [1.29, 1.82) is 0 Å². The summed E-state index contributed by atoms with van der Waals surface area (Å²) in [4.78, 5) is 26.2. The van der Waals surface area contributed by atoms with Gasteiger partial charge >= 0.3 is 12.3 Å². The van der Waals surface area contributed by atoms with Crippen molar-refractivity contribution in [2.24, 2.45) is 11.8 Å². The molecule has 0 aromatic heterocycles. The van der Waals surface area contributed by atoms with Gasteiger partial charge in [0.1, 0.15) is 6.04 Å². The van der Waals surface area contributed by atoms with Crippen molar-refractivity contribution < 1.29 is 41.0 Å². The van der Waals surface area contributed by atoms with Crippen molar-refractivity contribution in [3.05, 3.63) is 96.1 Å². The molecule has 9 nitrogen and oxygen atoms in total. The SMILES string of the molecule is COC(=O)N[C@H](C(=O)C[C@H](CCC[C@@H](CO)N(CCC(C)C)S(=O)(=O)c1ccc(N)cc1)C(F)(F)F)C(c1ccccc1)c1ccccc1. The highest BCUT2D eigenvalue weighted by atomic mass is 32.2. The minimum atomic E-state index is -4.78. The molecule has 0 aliphatic rings. The number of halogens is 3. The number of Topliss-reactive ketones (excluding diaryl/α,β-unsaturated/α-hetero) is 1. The minimum Gasteiger partial charge on any atom is -0.453 e. The van der Waals surface area contributed by atoms with Crippen molar-refractivity contribution >= 4 is 27.6 Å². The van der Waals surface area contributed by atoms with E-state index in [-0.39, 0.29) is 30.2 Å². The van der Waals surface area contributed by atoms with Crippen LogP contribution in [0.25, 0.3) is 0 Å². The van der Waals surface area contributed by atoms with E-state index in [4.69, 9.17) is 10.5 Å². The molecular formula is C36H46F3N3O6S. The third-order valence-electron chi connectivity index (χ3n) is 8.49. The van der Waals surface area contributed by atoms with Gasteiger partial charge < -0.3 is 20.9 Å². The van der Waals surface area contributed by atoms with Gasteiger partial charge in [0.2, 0.25) is 10.0 Å². The van der Waals surface area contributed by atoms with Crippen LogP contribution in [0.5, 0.6) is 0 Å². The number of carbonyl (C=O) groups is 2. The van der Waals surface area contributed by atoms with E-state index < -0.39 is 71.4 Å². The number of hydrogen-bond acceptors (Lipinski definition) is 7. The number of anilines is 1. The van der Waals surface area contributed by atoms with Gasteiger partial charge in [0, 0.05) is 30.6 Å². The Morgan fingerprint density at radius 3 is 1.92 bits per heavy atom. The number of nitrogen functional groups attached to an aromatic ring is 1. The Hall–Kier alpha value is -3.94. The van der Waals surface area contributed by atoms with Crippen LogP contribution in [0.15, 0.2) is 89.8 Å². The van der Waals surface area contributed by atoms with E-state index in [0.717, 1.165) is 11.4 Å². The van der Waals surface area contributed by atoms with Gasteiger partial charge in [-0.15, -0.1) is 0 Å². The number of methoxy groups -OCH3 is 1. The Morgan fingerprint density at radius 2 is 1.45 bits per heavy atom. The minimum absolute atomic E-state index is 0.0433. The first-order chi connectivity index (χ1) is 23.2. The molecular weight excluding hydrogens is 659 g/mol. The third kappa shape index (κ3) is 11.3. The first-order valence-electron chi connectivity index (χ1n) is 16.2. The number of nitrogens with one attached hydrogen (secondary N) is 1. The van der Waals surface area contributed by atoms with E-state index in [2.05, 4.69) is 5.32 Å². The van der Waals surface area contributed by atoms with E-state index in [1.807, 2.05) is 13.8 Å². The van der Waals surface area contributed by atoms with Gasteiger partial charge in [-0.2, -0.15) is 17.5 Å². The quantitative estimate of drug-likeness (QED) is 0.128. The molecule has 0 aliphatic carbocycles. The maximum absolute atomic E-state index is 14.5. The van der Waals surface area contributed by atoms with Crippen LogP contribution in [0.4, 0.5) is 23.7 Å². The number of hydrogen-bond donors (Lipinski definition) is 3. The van der Waals surface area contributed by atoms with Crippen molar-refractivity contribution in [2.45, 2.75) is 75.0 Å². The molecule has 13 heteroatoms. The molecule has 0 fully saturated rings. The average molecular weight is 706 g/mol. The van der Waals surface area contributed by atoms with E-state index >= 15 is 0 Å². The van der Waals surface area contributed by atoms with E-state index in [0.29, 0.717) is 23.2 Å². The number of nitrogens with zero attached hydrogens (tertiary/aromatic N) is 1. The van der Waals surface area contributed by atoms with Crippen LogP contribution in [0.2, 0.25) is 0 Å². The second kappa shape index (κ2) is 18.2. The highest BCUT2D eigenvalue weighted by Gasteiger charge is 2.43. The summed E-state index contributed by atoms with van der Waals surface area (Å²) < 4.78 is 76.7. The summed E-state index contributed by atoms with van der Waals surface area (Å²) in [5.41, 5.74) is 7.32. The lowest BCUT2D eigenvalue weighted by Crippen LogP contribution is -2.46. The van der Waals surface area contributed by atoms with Gasteiger partial charge in [-0.25, -0.2) is 13.2 Å². The number of alkyl carbamates (subject to hydrolysis) is 1. The Bertz CT molecular complexity index is 1530. The zero-order valence-corrected chi connectivity index (χ0v) is 28.8. The maximum atomic E-state index is 14.5. The van der Waals surface area contributed by atoms with Gasteiger partial charge in [0.05, 0.1) is 24.5 Å². The number of amides is 1. The number of ether oxygens (including phenoxy) is 1. The summed E-state index contributed by atoms with van der Waals surface area (Å²) in [6.45, 7) is 3.27. The number of carbonyl (C=O) groups excluding carboxylic acids is 2. The molecule has 0 unspecified atom stereocenters. The van der Waals surface area contributed by atoms with Crippen molar-refractivity contribution in [3.63, 3.8) is 0 Å². The second-order valence-electron chi connectivity index (χ2n) is 12.5. The van der Waals surface area contributed by atoms with Crippen LogP contribution >= 0.6 is 0 Å². The summed E-state index contributed by atoms with van der Waals surface area (Å²) in [6, 6.07) is 20.6. The van der Waals surface area contributed by atoms with Crippen LogP contribution in [-0.4, -0.2) is 68.2 Å². The molecule has 0 saturated carbocycles. The first-order valence-corrected chi connectivity index (χ1v) is 17.6. The number of alkyl halides is 3. The number of benzene rings is 3. The molecule has 3 rings (SSSR count). The molecule has 3 atom stereocenters. The summed E-state index contributed by atoms with van der Waals surface area (Å²) in [5.74, 6) is -3.62. The molecule has 1 amide bonds. The monoisotopic (exact) mass is 705 g/mol. The number of aliphatic hydroxyl groups is 1.